The van der Waals surface area contributed by atoms with E-state index < -0.39 is 55.2 Å². The number of phosphoric acid groups is 1. The number of nitrogens with one attached hydrogen (secondary N) is 1. The van der Waals surface area contributed by atoms with Crippen LogP contribution in [0.4, 0.5) is 4.39 Å². The van der Waals surface area contributed by atoms with E-state index in [0.29, 0.717) is 16.8 Å². The topological polar surface area (TPSA) is 129 Å². The minimum absolute atomic E-state index is 0.00524. The predicted octanol–water partition coefficient (Wildman–Crippen LogP) is 2.52. The number of H-pyrrole nitrogens is 1. The van der Waals surface area contributed by atoms with E-state index in [1.807, 2.05) is 0 Å². The van der Waals surface area contributed by atoms with Crippen molar-refractivity contribution in [1.29, 1.82) is 0 Å². The molecule has 2 aromatic rings. The van der Waals surface area contributed by atoms with Crippen LogP contribution in [-0.4, -0.2) is 33.2 Å². The fraction of sp³-hybridized carbons (Fsp3) is 0.375. The van der Waals surface area contributed by atoms with Gasteiger partial charge >= 0.3 is 13.5 Å². The second kappa shape index (κ2) is 7.76. The number of aromatic amines is 1. The van der Waals surface area contributed by atoms with Gasteiger partial charge in [0, 0.05) is 23.2 Å². The highest BCUT2D eigenvalue weighted by Crippen LogP contribution is 2.55. The Morgan fingerprint density at radius 1 is 1.50 bits per heavy atom. The van der Waals surface area contributed by atoms with Crippen LogP contribution in [0.3, 0.4) is 0 Å². The maximum Gasteiger partial charge on any atom is 0.530 e. The summed E-state index contributed by atoms with van der Waals surface area (Å²) in [5.41, 5.74) is -1.92. The lowest BCUT2D eigenvalue weighted by Crippen LogP contribution is -2.36. The molecule has 2 aliphatic rings. The molecule has 1 saturated heterocycles. The van der Waals surface area contributed by atoms with Gasteiger partial charge in [0.2, 0.25) is 5.85 Å². The van der Waals surface area contributed by atoms with Crippen molar-refractivity contribution in [3.05, 3.63) is 60.8 Å². The number of halogens is 3. The monoisotopic (exact) mass is 485 g/mol. The van der Waals surface area contributed by atoms with Crippen LogP contribution in [-0.2, 0) is 25.0 Å². The van der Waals surface area contributed by atoms with Gasteiger partial charge in [-0.2, -0.15) is 0 Å². The summed E-state index contributed by atoms with van der Waals surface area (Å²) in [6, 6.07) is 4.18. The molecule has 14 heteroatoms. The van der Waals surface area contributed by atoms with Crippen LogP contribution in [0.5, 0.6) is 5.75 Å². The first-order valence-electron chi connectivity index (χ1n) is 9.71. The molecule has 1 fully saturated rings. The molecule has 1 unspecified atom stereocenters. The molecule has 162 valence electrons. The molecule has 4 atom stereocenters. The number of rotatable bonds is 4. The van der Waals surface area contributed by atoms with Gasteiger partial charge in [0.15, 0.2) is 6.20 Å². The number of alkyl halides is 1. The summed E-state index contributed by atoms with van der Waals surface area (Å²) in [5, 5.41) is 10.0. The third kappa shape index (κ3) is 4.19. The number of hydrogen-bond donors (Lipinski definition) is 2. The van der Waals surface area contributed by atoms with Gasteiger partial charge in [-0.15, -0.1) is 0 Å². The van der Waals surface area contributed by atoms with Crippen molar-refractivity contribution in [1.82, 2.24) is 9.55 Å². The van der Waals surface area contributed by atoms with Crippen LogP contribution in [0, 0.1) is 0 Å². The van der Waals surface area contributed by atoms with Gasteiger partial charge < -0.3 is 14.4 Å². The van der Waals surface area contributed by atoms with Crippen LogP contribution in [0.1, 0.15) is 22.3 Å². The summed E-state index contributed by atoms with van der Waals surface area (Å²) in [6.45, 7) is -3.98. The van der Waals surface area contributed by atoms with Crippen molar-refractivity contribution in [2.45, 2.75) is 31.2 Å². The number of aliphatic hydroxyl groups excluding tert-OH is 1. The highest BCUT2D eigenvalue weighted by atomic mass is 35.5. The number of hydrogen-bond acceptors (Lipinski definition) is 8. The first-order chi connectivity index (χ1) is 15.2. The molecule has 2 N–H and O–H groups in total. The fourth-order valence-corrected chi connectivity index (χ4v) is 4.16. The lowest BCUT2D eigenvalue weighted by molar-refractivity contribution is -0.179. The first kappa shape index (κ1) is 17.9. The quantitative estimate of drug-likeness (QED) is 0.631. The molecule has 1 aromatic heterocycles. The average Bonchev–Trinajstić information content (AvgIpc) is 2.95. The van der Waals surface area contributed by atoms with E-state index in [9.17, 15) is 19.3 Å². The Balaban J connectivity index is 1.63. The highest BCUT2D eigenvalue weighted by molar-refractivity contribution is 7.49. The van der Waals surface area contributed by atoms with E-state index in [1.54, 1.807) is 4.98 Å². The molecular formula is C16H14Cl2FN2O8P. The van der Waals surface area contributed by atoms with Gasteiger partial charge in [0.05, 0.1) is 10.7 Å². The van der Waals surface area contributed by atoms with Crippen LogP contribution in [0.15, 0.2) is 34.0 Å². The molecular weight excluding hydrogens is 469 g/mol. The second-order valence-electron chi connectivity index (χ2n) is 6.25. The maximum atomic E-state index is 15.6. The van der Waals surface area contributed by atoms with Crippen molar-refractivity contribution < 1.29 is 36.5 Å². The summed E-state index contributed by atoms with van der Waals surface area (Å²) in [6.07, 6.45) is -5.74. The SMILES string of the molecule is [2H]C([2H])(OP1(=O)OCc2cc(Cl)ccc2O1)[C@]1(F)C[C@@H](O)[C@]([2H])(n2cc(Cl)c(=O)[nH]c2=O)O1. The smallest absolute Gasteiger partial charge is 0.404 e. The number of ether oxygens (including phenoxy) is 1. The maximum absolute atomic E-state index is 15.6. The molecule has 1 aromatic carbocycles. The molecule has 2 aliphatic heterocycles. The number of phosphoric ester groups is 1. The number of nitrogens with zero attached hydrogens (tertiary/aromatic N) is 1. The van der Waals surface area contributed by atoms with E-state index in [0.717, 1.165) is 0 Å². The molecule has 0 saturated carbocycles. The molecule has 3 heterocycles. The van der Waals surface area contributed by atoms with Crippen LogP contribution in [0.2, 0.25) is 10.0 Å². The van der Waals surface area contributed by atoms with Gasteiger partial charge in [-0.25, -0.2) is 13.8 Å². The predicted molar refractivity (Wildman–Crippen MR) is 101 cm³/mol. The Bertz CT molecular complexity index is 1300. The Morgan fingerprint density at radius 3 is 3.03 bits per heavy atom. The standard InChI is InChI=1S/C16H14Cl2FN2O8P/c17-9-1-2-12-8(3-9)6-26-30(25,29-12)27-7-16(19)4-11(22)14(28-16)21-5-10(18)13(23)20-15(21)24/h1-3,5,11,14,22H,4,6-7H2,(H,20,23,24)/t11-,14-,16+,30?/m1/s1/i7D2,14D. The van der Waals surface area contributed by atoms with Crippen molar-refractivity contribution in [3.63, 3.8) is 0 Å². The van der Waals surface area contributed by atoms with E-state index in [4.69, 9.17) is 45.6 Å². The Kier molecular flexibility index (Phi) is 4.63. The van der Waals surface area contributed by atoms with Crippen molar-refractivity contribution >= 4 is 31.0 Å². The van der Waals surface area contributed by atoms with Gasteiger partial charge in [-0.1, -0.05) is 23.2 Å². The Morgan fingerprint density at radius 2 is 2.27 bits per heavy atom. The van der Waals surface area contributed by atoms with Crippen LogP contribution >= 0.6 is 31.0 Å². The van der Waals surface area contributed by atoms with Crippen LogP contribution < -0.4 is 15.8 Å². The zero-order valence-electron chi connectivity index (χ0n) is 17.6. The van der Waals surface area contributed by atoms with Crippen LogP contribution in [0.25, 0.3) is 0 Å². The third-order valence-electron chi connectivity index (χ3n) is 4.06. The largest absolute Gasteiger partial charge is 0.530 e. The molecule has 4 rings (SSSR count). The molecule has 0 amide bonds. The van der Waals surface area contributed by atoms with Crippen molar-refractivity contribution in [2.75, 3.05) is 6.56 Å². The summed E-state index contributed by atoms with van der Waals surface area (Å²) in [4.78, 5) is 25.3. The normalized spacial score (nSPS) is 35.1. The van der Waals surface area contributed by atoms with Gasteiger partial charge in [0.25, 0.3) is 5.56 Å². The van der Waals surface area contributed by atoms with Crippen molar-refractivity contribution in [3.8, 4) is 5.75 Å². The number of benzene rings is 1. The molecule has 0 aliphatic carbocycles. The second-order valence-corrected chi connectivity index (χ2v) is 8.61. The van der Waals surface area contributed by atoms with Gasteiger partial charge in [-0.3, -0.25) is 23.4 Å². The summed E-state index contributed by atoms with van der Waals surface area (Å²) in [5.74, 6) is -3.63. The first-order valence-corrected chi connectivity index (χ1v) is 10.4. The summed E-state index contributed by atoms with van der Waals surface area (Å²) < 4.78 is 72.6. The summed E-state index contributed by atoms with van der Waals surface area (Å²) in [7, 11) is -4.75. The molecule has 10 nitrogen and oxygen atoms in total. The Labute approximate surface area is 181 Å². The fourth-order valence-electron chi connectivity index (χ4n) is 2.71. The van der Waals surface area contributed by atoms with Crippen molar-refractivity contribution in [2.24, 2.45) is 0 Å². The molecule has 30 heavy (non-hydrogen) atoms. The average molecular weight is 486 g/mol. The number of aliphatic hydroxyl groups is 1. The lowest BCUT2D eigenvalue weighted by atomic mass is 10.2. The zero-order valence-corrected chi connectivity index (χ0v) is 17.0. The van der Waals surface area contributed by atoms with E-state index in [1.165, 1.54) is 18.2 Å². The highest BCUT2D eigenvalue weighted by Gasteiger charge is 2.50. The van der Waals surface area contributed by atoms with E-state index in [-0.39, 0.29) is 16.9 Å². The van der Waals surface area contributed by atoms with E-state index in [2.05, 4.69) is 0 Å². The molecule has 0 radical (unpaired) electrons. The van der Waals surface area contributed by atoms with Gasteiger partial charge in [0.1, 0.15) is 23.4 Å². The minimum atomic E-state index is -4.75. The zero-order chi connectivity index (χ0) is 24.4. The number of fused-ring (bicyclic) bond motifs is 1. The molecule has 0 bridgehead atoms. The Hall–Kier alpha value is -1.72. The number of aromatic nitrogens is 2. The van der Waals surface area contributed by atoms with E-state index >= 15 is 4.39 Å². The lowest BCUT2D eigenvalue weighted by Gasteiger charge is -2.27. The third-order valence-corrected chi connectivity index (χ3v) is 5.75. The van der Waals surface area contributed by atoms with Gasteiger partial charge in [-0.05, 0) is 18.2 Å². The molecule has 0 spiro atoms. The minimum Gasteiger partial charge on any atom is -0.404 e. The summed E-state index contributed by atoms with van der Waals surface area (Å²) >= 11 is 11.5.